The molecule has 0 aromatic heterocycles. The van der Waals surface area contributed by atoms with E-state index in [9.17, 15) is 9.59 Å². The monoisotopic (exact) mass is 352 g/mol. The number of fused-ring (bicyclic) bond motifs is 1. The molecular formula is C21H24N2O3. The standard InChI is InChI=1S/C21H24N2O3/c1-13-5-6-14(2)18(11-13)22-21(25)15(3)23-9-10-26-20-8-7-17(16(4)24)12-19(20)23/h5-8,11-12,15H,9-10H2,1-4H3,(H,22,25). The highest BCUT2D eigenvalue weighted by Gasteiger charge is 2.28. The van der Waals surface area contributed by atoms with Gasteiger partial charge in [-0.1, -0.05) is 12.1 Å². The number of ketones is 1. The molecule has 1 amide bonds. The van der Waals surface area contributed by atoms with E-state index in [0.717, 1.165) is 22.5 Å². The van der Waals surface area contributed by atoms with E-state index < -0.39 is 0 Å². The van der Waals surface area contributed by atoms with Gasteiger partial charge in [0, 0.05) is 11.3 Å². The first kappa shape index (κ1) is 18.0. The lowest BCUT2D eigenvalue weighted by Crippen LogP contribution is -2.46. The maximum absolute atomic E-state index is 12.8. The molecule has 1 atom stereocenters. The maximum atomic E-state index is 12.8. The van der Waals surface area contributed by atoms with Crippen molar-refractivity contribution in [2.45, 2.75) is 33.7 Å². The van der Waals surface area contributed by atoms with Crippen LogP contribution in [0, 0.1) is 13.8 Å². The number of nitrogens with one attached hydrogen (secondary N) is 1. The summed E-state index contributed by atoms with van der Waals surface area (Å²) in [5, 5.41) is 3.03. The molecule has 1 unspecified atom stereocenters. The van der Waals surface area contributed by atoms with Gasteiger partial charge >= 0.3 is 0 Å². The highest BCUT2D eigenvalue weighted by Crippen LogP contribution is 2.34. The Balaban J connectivity index is 1.85. The first-order valence-corrected chi connectivity index (χ1v) is 8.79. The summed E-state index contributed by atoms with van der Waals surface area (Å²) in [7, 11) is 0. The molecule has 0 saturated heterocycles. The van der Waals surface area contributed by atoms with Crippen molar-refractivity contribution >= 4 is 23.1 Å². The van der Waals surface area contributed by atoms with Gasteiger partial charge in [-0.15, -0.1) is 0 Å². The third-order valence-electron chi connectivity index (χ3n) is 4.76. The lowest BCUT2D eigenvalue weighted by atomic mass is 10.1. The average Bonchev–Trinajstić information content (AvgIpc) is 2.63. The third kappa shape index (κ3) is 3.57. The number of carbonyl (C=O) groups excluding carboxylic acids is 2. The van der Waals surface area contributed by atoms with Gasteiger partial charge < -0.3 is 15.0 Å². The summed E-state index contributed by atoms with van der Waals surface area (Å²) in [5.74, 6) is 0.609. The molecule has 5 heteroatoms. The second-order valence-corrected chi connectivity index (χ2v) is 6.76. The van der Waals surface area contributed by atoms with Crippen LogP contribution in [0.1, 0.15) is 35.3 Å². The van der Waals surface area contributed by atoms with Crippen LogP contribution >= 0.6 is 0 Å². The number of hydrogen-bond donors (Lipinski definition) is 1. The van der Waals surface area contributed by atoms with Crippen molar-refractivity contribution in [2.75, 3.05) is 23.4 Å². The number of rotatable bonds is 4. The molecule has 0 fully saturated rings. The fourth-order valence-electron chi connectivity index (χ4n) is 3.11. The number of Topliss-reactive ketones (excluding diaryl/α,β-unsaturated/α-hetero) is 1. The predicted molar refractivity (Wildman–Crippen MR) is 103 cm³/mol. The van der Waals surface area contributed by atoms with E-state index >= 15 is 0 Å². The summed E-state index contributed by atoms with van der Waals surface area (Å²) < 4.78 is 5.69. The molecule has 136 valence electrons. The SMILES string of the molecule is CC(=O)c1ccc2c(c1)N(C(C)C(=O)Nc1cc(C)ccc1C)CCO2. The van der Waals surface area contributed by atoms with Gasteiger partial charge in [-0.25, -0.2) is 0 Å². The minimum Gasteiger partial charge on any atom is -0.490 e. The summed E-state index contributed by atoms with van der Waals surface area (Å²) in [6.45, 7) is 8.48. The number of ether oxygens (including phenoxy) is 1. The molecule has 0 bridgehead atoms. The molecule has 0 saturated carbocycles. The summed E-state index contributed by atoms with van der Waals surface area (Å²) in [4.78, 5) is 26.5. The summed E-state index contributed by atoms with van der Waals surface area (Å²) in [6.07, 6.45) is 0. The van der Waals surface area contributed by atoms with Gasteiger partial charge in [-0.2, -0.15) is 0 Å². The van der Waals surface area contributed by atoms with Crippen molar-refractivity contribution in [1.82, 2.24) is 0 Å². The van der Waals surface area contributed by atoms with Crippen molar-refractivity contribution in [2.24, 2.45) is 0 Å². The van der Waals surface area contributed by atoms with Crippen LogP contribution in [0.15, 0.2) is 36.4 Å². The van der Waals surface area contributed by atoms with E-state index in [0.29, 0.717) is 24.5 Å². The van der Waals surface area contributed by atoms with Crippen LogP contribution in [0.5, 0.6) is 5.75 Å². The molecule has 1 heterocycles. The molecule has 0 radical (unpaired) electrons. The Labute approximate surface area is 154 Å². The lowest BCUT2D eigenvalue weighted by Gasteiger charge is -2.35. The number of carbonyl (C=O) groups is 2. The van der Waals surface area contributed by atoms with E-state index in [1.165, 1.54) is 6.92 Å². The summed E-state index contributed by atoms with van der Waals surface area (Å²) >= 11 is 0. The van der Waals surface area contributed by atoms with E-state index in [1.54, 1.807) is 18.2 Å². The maximum Gasteiger partial charge on any atom is 0.246 e. The fraction of sp³-hybridized carbons (Fsp3) is 0.333. The lowest BCUT2D eigenvalue weighted by molar-refractivity contribution is -0.117. The molecule has 5 nitrogen and oxygen atoms in total. The molecule has 0 spiro atoms. The van der Waals surface area contributed by atoms with Crippen LogP contribution in [0.4, 0.5) is 11.4 Å². The zero-order chi connectivity index (χ0) is 18.8. The second-order valence-electron chi connectivity index (χ2n) is 6.76. The van der Waals surface area contributed by atoms with Crippen molar-refractivity contribution in [3.05, 3.63) is 53.1 Å². The van der Waals surface area contributed by atoms with Gasteiger partial charge in [0.25, 0.3) is 0 Å². The topological polar surface area (TPSA) is 58.6 Å². The van der Waals surface area contributed by atoms with Crippen molar-refractivity contribution in [1.29, 1.82) is 0 Å². The van der Waals surface area contributed by atoms with Gasteiger partial charge in [0.2, 0.25) is 5.91 Å². The molecule has 0 aliphatic carbocycles. The number of anilines is 2. The van der Waals surface area contributed by atoms with E-state index in [4.69, 9.17) is 4.74 Å². The normalized spacial score (nSPS) is 14.2. The van der Waals surface area contributed by atoms with Crippen LogP contribution < -0.4 is 15.0 Å². The van der Waals surface area contributed by atoms with Crippen LogP contribution in [0.25, 0.3) is 0 Å². The molecule has 1 aliphatic heterocycles. The summed E-state index contributed by atoms with van der Waals surface area (Å²) in [5.41, 5.74) is 4.35. The Morgan fingerprint density at radius 3 is 2.65 bits per heavy atom. The number of nitrogens with zero attached hydrogens (tertiary/aromatic N) is 1. The van der Waals surface area contributed by atoms with E-state index in [-0.39, 0.29) is 17.7 Å². The van der Waals surface area contributed by atoms with Gasteiger partial charge in [-0.3, -0.25) is 9.59 Å². The first-order valence-electron chi connectivity index (χ1n) is 8.79. The Hall–Kier alpha value is -2.82. The van der Waals surface area contributed by atoms with Crippen molar-refractivity contribution < 1.29 is 14.3 Å². The van der Waals surface area contributed by atoms with Crippen LogP contribution in [-0.2, 0) is 4.79 Å². The van der Waals surface area contributed by atoms with Crippen LogP contribution in [-0.4, -0.2) is 30.9 Å². The first-order chi connectivity index (χ1) is 12.4. The quantitative estimate of drug-likeness (QED) is 0.852. The zero-order valence-electron chi connectivity index (χ0n) is 15.6. The largest absolute Gasteiger partial charge is 0.490 e. The van der Waals surface area contributed by atoms with Gasteiger partial charge in [0.1, 0.15) is 18.4 Å². The van der Waals surface area contributed by atoms with Crippen molar-refractivity contribution in [3.63, 3.8) is 0 Å². The molecule has 2 aromatic rings. The fourth-order valence-corrected chi connectivity index (χ4v) is 3.11. The molecule has 2 aromatic carbocycles. The third-order valence-corrected chi connectivity index (χ3v) is 4.76. The minimum absolute atomic E-state index is 0.00851. The highest BCUT2D eigenvalue weighted by molar-refractivity contribution is 5.99. The highest BCUT2D eigenvalue weighted by atomic mass is 16.5. The van der Waals surface area contributed by atoms with E-state index in [2.05, 4.69) is 5.32 Å². The Kier molecular flexibility index (Phi) is 4.98. The van der Waals surface area contributed by atoms with Crippen molar-refractivity contribution in [3.8, 4) is 5.75 Å². The number of aryl methyl sites for hydroxylation is 2. The van der Waals surface area contributed by atoms with Gasteiger partial charge in [0.05, 0.1) is 12.2 Å². The Morgan fingerprint density at radius 1 is 1.15 bits per heavy atom. The summed E-state index contributed by atoms with van der Waals surface area (Å²) in [6, 6.07) is 11.0. The predicted octanol–water partition coefficient (Wildman–Crippen LogP) is 3.73. The minimum atomic E-state index is -0.389. The Morgan fingerprint density at radius 2 is 1.92 bits per heavy atom. The number of hydrogen-bond acceptors (Lipinski definition) is 4. The smallest absolute Gasteiger partial charge is 0.246 e. The number of benzene rings is 2. The van der Waals surface area contributed by atoms with Gasteiger partial charge in [-0.05, 0) is 63.1 Å². The Bertz CT molecular complexity index is 860. The van der Waals surface area contributed by atoms with Gasteiger partial charge in [0.15, 0.2) is 5.78 Å². The molecule has 26 heavy (non-hydrogen) atoms. The molecular weight excluding hydrogens is 328 g/mol. The average molecular weight is 352 g/mol. The van der Waals surface area contributed by atoms with Crippen LogP contribution in [0.2, 0.25) is 0 Å². The molecule has 1 aliphatic rings. The number of amides is 1. The molecule has 1 N–H and O–H groups in total. The van der Waals surface area contributed by atoms with Crippen LogP contribution in [0.3, 0.4) is 0 Å². The molecule has 3 rings (SSSR count). The second kappa shape index (κ2) is 7.20. The zero-order valence-corrected chi connectivity index (χ0v) is 15.6. The van der Waals surface area contributed by atoms with E-state index in [1.807, 2.05) is 43.9 Å².